The van der Waals surface area contributed by atoms with E-state index in [0.717, 1.165) is 10.6 Å². The number of pyridine rings is 1. The molecule has 2 aromatic rings. The number of hydrogen-bond acceptors (Lipinski definition) is 4. The average molecular weight is 285 g/mol. The van der Waals surface area contributed by atoms with E-state index < -0.39 is 0 Å². The molecule has 1 heterocycles. The molecule has 4 nitrogen and oxygen atoms in total. The van der Waals surface area contributed by atoms with Crippen molar-refractivity contribution < 1.29 is 4.79 Å². The Bertz CT molecular complexity index is 582. The van der Waals surface area contributed by atoms with Gasteiger partial charge in [-0.1, -0.05) is 47.7 Å². The maximum atomic E-state index is 11.6. The minimum atomic E-state index is -0.149. The molecular formula is C15H15N3OS. The molecule has 0 fully saturated rings. The lowest BCUT2D eigenvalue weighted by molar-refractivity contribution is -0.118. The van der Waals surface area contributed by atoms with Crippen LogP contribution in [0.1, 0.15) is 11.1 Å². The largest absolute Gasteiger partial charge is 0.272 e. The summed E-state index contributed by atoms with van der Waals surface area (Å²) in [7, 11) is 0. The summed E-state index contributed by atoms with van der Waals surface area (Å²) in [5, 5.41) is 4.75. The van der Waals surface area contributed by atoms with E-state index in [1.54, 1.807) is 12.4 Å². The van der Waals surface area contributed by atoms with Gasteiger partial charge in [-0.3, -0.25) is 4.79 Å². The summed E-state index contributed by atoms with van der Waals surface area (Å²) in [5.41, 5.74) is 4.64. The number of amides is 1. The molecule has 1 N–H and O–H groups in total. The molecule has 0 aliphatic heterocycles. The van der Waals surface area contributed by atoms with Crippen LogP contribution in [-0.2, 0) is 4.79 Å². The fraction of sp³-hybridized carbons (Fsp3) is 0.133. The number of rotatable bonds is 5. The molecule has 0 unspecified atom stereocenters. The zero-order valence-electron chi connectivity index (χ0n) is 11.1. The summed E-state index contributed by atoms with van der Waals surface area (Å²) >= 11 is 1.38. The van der Waals surface area contributed by atoms with Crippen LogP contribution in [0.3, 0.4) is 0 Å². The highest BCUT2D eigenvalue weighted by molar-refractivity contribution is 7.99. The van der Waals surface area contributed by atoms with Crippen LogP contribution >= 0.6 is 11.8 Å². The van der Waals surface area contributed by atoms with E-state index in [-0.39, 0.29) is 5.91 Å². The van der Waals surface area contributed by atoms with Crippen molar-refractivity contribution in [1.82, 2.24) is 10.4 Å². The van der Waals surface area contributed by atoms with E-state index in [0.29, 0.717) is 5.75 Å². The number of aromatic nitrogens is 1. The van der Waals surface area contributed by atoms with Gasteiger partial charge in [0.15, 0.2) is 0 Å². The van der Waals surface area contributed by atoms with Gasteiger partial charge < -0.3 is 0 Å². The summed E-state index contributed by atoms with van der Waals surface area (Å²) in [5.74, 6) is 0.145. The Kier molecular flexibility index (Phi) is 5.32. The van der Waals surface area contributed by atoms with Crippen molar-refractivity contribution in [3.8, 4) is 0 Å². The molecular weight excluding hydrogens is 270 g/mol. The van der Waals surface area contributed by atoms with Crippen molar-refractivity contribution in [3.63, 3.8) is 0 Å². The van der Waals surface area contributed by atoms with Crippen LogP contribution in [0.5, 0.6) is 0 Å². The van der Waals surface area contributed by atoms with Crippen LogP contribution < -0.4 is 5.43 Å². The number of carbonyl (C=O) groups is 1. The van der Waals surface area contributed by atoms with E-state index in [2.05, 4.69) is 15.5 Å². The Balaban J connectivity index is 1.76. The molecule has 0 aliphatic carbocycles. The number of hydrazone groups is 1. The molecule has 102 valence electrons. The van der Waals surface area contributed by atoms with E-state index in [4.69, 9.17) is 0 Å². The molecule has 0 saturated carbocycles. The van der Waals surface area contributed by atoms with Gasteiger partial charge >= 0.3 is 0 Å². The molecule has 0 aliphatic rings. The fourth-order valence-corrected chi connectivity index (χ4v) is 2.09. The van der Waals surface area contributed by atoms with Crippen LogP contribution in [0.25, 0.3) is 0 Å². The van der Waals surface area contributed by atoms with Gasteiger partial charge in [-0.25, -0.2) is 10.4 Å². The normalized spacial score (nSPS) is 10.7. The maximum absolute atomic E-state index is 11.6. The number of thioether (sulfide) groups is 1. The Morgan fingerprint density at radius 2 is 2.10 bits per heavy atom. The third-order valence-electron chi connectivity index (χ3n) is 2.47. The number of aryl methyl sites for hydroxylation is 1. The SMILES string of the molecule is Cc1ccc(C=NNC(=O)CSc2ccccn2)cc1. The topological polar surface area (TPSA) is 54.4 Å². The van der Waals surface area contributed by atoms with Gasteiger partial charge in [-0.2, -0.15) is 5.10 Å². The van der Waals surface area contributed by atoms with Crippen molar-refractivity contribution in [2.24, 2.45) is 5.10 Å². The van der Waals surface area contributed by atoms with Crippen LogP contribution in [0, 0.1) is 6.92 Å². The van der Waals surface area contributed by atoms with Gasteiger partial charge in [-0.05, 0) is 24.6 Å². The van der Waals surface area contributed by atoms with Gasteiger partial charge in [0.2, 0.25) is 5.91 Å². The lowest BCUT2D eigenvalue weighted by Gasteiger charge is -1.99. The highest BCUT2D eigenvalue weighted by Crippen LogP contribution is 2.12. The molecule has 0 spiro atoms. The highest BCUT2D eigenvalue weighted by Gasteiger charge is 2.01. The van der Waals surface area contributed by atoms with Crippen molar-refractivity contribution >= 4 is 23.9 Å². The first-order chi connectivity index (χ1) is 9.74. The number of carbonyl (C=O) groups excluding carboxylic acids is 1. The molecule has 5 heteroatoms. The van der Waals surface area contributed by atoms with E-state index >= 15 is 0 Å². The number of hydrogen-bond donors (Lipinski definition) is 1. The standard InChI is InChI=1S/C15H15N3OS/c1-12-5-7-13(8-6-12)10-17-18-14(19)11-20-15-4-2-3-9-16-15/h2-10H,11H2,1H3,(H,18,19). The number of nitrogens with zero attached hydrogens (tertiary/aromatic N) is 2. The van der Waals surface area contributed by atoms with Gasteiger partial charge in [0.25, 0.3) is 0 Å². The molecule has 1 aromatic heterocycles. The molecule has 0 bridgehead atoms. The van der Waals surface area contributed by atoms with Crippen molar-refractivity contribution in [2.75, 3.05) is 5.75 Å². The first kappa shape index (κ1) is 14.3. The average Bonchev–Trinajstić information content (AvgIpc) is 2.48. The third-order valence-corrected chi connectivity index (χ3v) is 3.41. The summed E-state index contributed by atoms with van der Waals surface area (Å²) in [6.45, 7) is 2.03. The monoisotopic (exact) mass is 285 g/mol. The summed E-state index contributed by atoms with van der Waals surface area (Å²) in [6.07, 6.45) is 3.33. The number of nitrogens with one attached hydrogen (secondary N) is 1. The van der Waals surface area contributed by atoms with Crippen LogP contribution in [-0.4, -0.2) is 22.9 Å². The maximum Gasteiger partial charge on any atom is 0.250 e. The minimum absolute atomic E-state index is 0.149. The zero-order valence-corrected chi connectivity index (χ0v) is 11.9. The van der Waals surface area contributed by atoms with E-state index in [9.17, 15) is 4.79 Å². The molecule has 0 saturated heterocycles. The van der Waals surface area contributed by atoms with Crippen molar-refractivity contribution in [3.05, 3.63) is 59.8 Å². The first-order valence-electron chi connectivity index (χ1n) is 6.16. The lowest BCUT2D eigenvalue weighted by Crippen LogP contribution is -2.19. The molecule has 0 atom stereocenters. The summed E-state index contributed by atoms with van der Waals surface area (Å²) in [4.78, 5) is 15.7. The summed E-state index contributed by atoms with van der Waals surface area (Å²) < 4.78 is 0. The molecule has 0 radical (unpaired) electrons. The van der Waals surface area contributed by atoms with Crippen LogP contribution in [0.4, 0.5) is 0 Å². The smallest absolute Gasteiger partial charge is 0.250 e. The molecule has 20 heavy (non-hydrogen) atoms. The van der Waals surface area contributed by atoms with Crippen molar-refractivity contribution in [1.29, 1.82) is 0 Å². The molecule has 1 aromatic carbocycles. The quantitative estimate of drug-likeness (QED) is 0.522. The van der Waals surface area contributed by atoms with E-state index in [1.165, 1.54) is 17.3 Å². The molecule has 1 amide bonds. The minimum Gasteiger partial charge on any atom is -0.272 e. The van der Waals surface area contributed by atoms with Crippen LogP contribution in [0.15, 0.2) is 58.8 Å². The second-order valence-electron chi connectivity index (χ2n) is 4.16. The second kappa shape index (κ2) is 7.45. The zero-order chi connectivity index (χ0) is 14.2. The Labute approximate surface area is 122 Å². The number of benzene rings is 1. The Morgan fingerprint density at radius 3 is 2.80 bits per heavy atom. The lowest BCUT2D eigenvalue weighted by atomic mass is 10.2. The van der Waals surface area contributed by atoms with Gasteiger partial charge in [0, 0.05) is 6.20 Å². The Hall–Kier alpha value is -2.14. The second-order valence-corrected chi connectivity index (χ2v) is 5.16. The molecule has 2 rings (SSSR count). The highest BCUT2D eigenvalue weighted by atomic mass is 32.2. The fourth-order valence-electron chi connectivity index (χ4n) is 1.44. The van der Waals surface area contributed by atoms with Gasteiger partial charge in [0.1, 0.15) is 0 Å². The Morgan fingerprint density at radius 1 is 1.30 bits per heavy atom. The first-order valence-corrected chi connectivity index (χ1v) is 7.15. The predicted octanol–water partition coefficient (Wildman–Crippen LogP) is 2.63. The van der Waals surface area contributed by atoms with Gasteiger partial charge in [0.05, 0.1) is 17.0 Å². The van der Waals surface area contributed by atoms with Gasteiger partial charge in [-0.15, -0.1) is 0 Å². The third kappa shape index (κ3) is 4.85. The van der Waals surface area contributed by atoms with Crippen molar-refractivity contribution in [2.45, 2.75) is 11.9 Å². The summed E-state index contributed by atoms with van der Waals surface area (Å²) in [6, 6.07) is 13.5. The van der Waals surface area contributed by atoms with E-state index in [1.807, 2.05) is 49.4 Å². The van der Waals surface area contributed by atoms with Crippen LogP contribution in [0.2, 0.25) is 0 Å². The predicted molar refractivity (Wildman–Crippen MR) is 81.9 cm³/mol.